The van der Waals surface area contributed by atoms with Crippen LogP contribution in [-0.4, -0.2) is 17.0 Å². The molecule has 1 atom stereocenters. The van der Waals surface area contributed by atoms with Gasteiger partial charge in [-0.3, -0.25) is 9.59 Å². The first-order chi connectivity index (χ1) is 7.00. The minimum absolute atomic E-state index is 0.533. The van der Waals surface area contributed by atoms with Gasteiger partial charge in [-0.05, 0) is 31.2 Å². The summed E-state index contributed by atoms with van der Waals surface area (Å²) in [6, 6.07) is 6.75. The standard InChI is InChI=1S/C10H11NO3S/c1-6(10(13)14)9(12)11-7-2-4-8(15)5-3-7/h2-6,15H,1H3,(H,11,12)(H,13,14). The molecule has 0 saturated heterocycles. The van der Waals surface area contributed by atoms with E-state index >= 15 is 0 Å². The molecule has 0 bridgehead atoms. The number of benzene rings is 1. The number of aliphatic carboxylic acids is 1. The molecule has 0 saturated carbocycles. The average Bonchev–Trinajstić information content (AvgIpc) is 2.20. The van der Waals surface area contributed by atoms with E-state index in [-0.39, 0.29) is 0 Å². The van der Waals surface area contributed by atoms with Gasteiger partial charge in [0, 0.05) is 10.6 Å². The summed E-state index contributed by atoms with van der Waals surface area (Å²) >= 11 is 4.09. The molecule has 2 N–H and O–H groups in total. The van der Waals surface area contributed by atoms with Crippen LogP contribution in [0, 0.1) is 5.92 Å². The van der Waals surface area contributed by atoms with Crippen LogP contribution in [0.1, 0.15) is 6.92 Å². The van der Waals surface area contributed by atoms with Gasteiger partial charge < -0.3 is 10.4 Å². The van der Waals surface area contributed by atoms with Gasteiger partial charge in [0.15, 0.2) is 0 Å². The molecule has 0 aliphatic carbocycles. The second-order valence-corrected chi connectivity index (χ2v) is 3.61. The van der Waals surface area contributed by atoms with Gasteiger partial charge >= 0.3 is 5.97 Å². The first-order valence-corrected chi connectivity index (χ1v) is 4.78. The number of amides is 1. The normalized spacial score (nSPS) is 11.9. The molecule has 1 rings (SSSR count). The van der Waals surface area contributed by atoms with Crippen LogP contribution in [0.2, 0.25) is 0 Å². The molecule has 0 heterocycles. The number of carboxylic acids is 1. The molecule has 1 aromatic rings. The molecule has 0 aromatic heterocycles. The molecule has 0 radical (unpaired) electrons. The zero-order chi connectivity index (χ0) is 11.4. The van der Waals surface area contributed by atoms with Crippen LogP contribution in [0.4, 0.5) is 5.69 Å². The largest absolute Gasteiger partial charge is 0.481 e. The molecular formula is C10H11NO3S. The van der Waals surface area contributed by atoms with Crippen molar-refractivity contribution in [1.29, 1.82) is 0 Å². The van der Waals surface area contributed by atoms with Crippen molar-refractivity contribution in [3.63, 3.8) is 0 Å². The van der Waals surface area contributed by atoms with Gasteiger partial charge in [-0.25, -0.2) is 0 Å². The predicted molar refractivity (Wildman–Crippen MR) is 59.1 cm³/mol. The van der Waals surface area contributed by atoms with Crippen molar-refractivity contribution in [3.8, 4) is 0 Å². The highest BCUT2D eigenvalue weighted by Gasteiger charge is 2.20. The highest BCUT2D eigenvalue weighted by molar-refractivity contribution is 7.80. The Hall–Kier alpha value is -1.49. The van der Waals surface area contributed by atoms with Gasteiger partial charge in [-0.1, -0.05) is 0 Å². The van der Waals surface area contributed by atoms with Crippen LogP contribution in [-0.2, 0) is 9.59 Å². The van der Waals surface area contributed by atoms with Crippen molar-refractivity contribution >= 4 is 30.2 Å². The van der Waals surface area contributed by atoms with E-state index in [4.69, 9.17) is 5.11 Å². The first-order valence-electron chi connectivity index (χ1n) is 4.33. The second kappa shape index (κ2) is 4.84. The van der Waals surface area contributed by atoms with E-state index in [0.717, 1.165) is 4.90 Å². The second-order valence-electron chi connectivity index (χ2n) is 3.10. The van der Waals surface area contributed by atoms with Crippen LogP contribution >= 0.6 is 12.6 Å². The summed E-state index contributed by atoms with van der Waals surface area (Å²) in [6.45, 7) is 1.34. The maximum absolute atomic E-state index is 11.3. The molecule has 0 aliphatic rings. The first kappa shape index (κ1) is 11.6. The van der Waals surface area contributed by atoms with Crippen molar-refractivity contribution in [2.45, 2.75) is 11.8 Å². The van der Waals surface area contributed by atoms with E-state index in [1.807, 2.05) is 0 Å². The summed E-state index contributed by atoms with van der Waals surface area (Å²) in [7, 11) is 0. The molecule has 15 heavy (non-hydrogen) atoms. The topological polar surface area (TPSA) is 66.4 Å². The Morgan fingerprint density at radius 1 is 1.33 bits per heavy atom. The third-order valence-electron chi connectivity index (χ3n) is 1.90. The van der Waals surface area contributed by atoms with Crippen molar-refractivity contribution in [3.05, 3.63) is 24.3 Å². The maximum Gasteiger partial charge on any atom is 0.315 e. The monoisotopic (exact) mass is 225 g/mol. The number of carboxylic acid groups (broad SMARTS) is 1. The lowest BCUT2D eigenvalue weighted by Crippen LogP contribution is -2.26. The number of carbonyl (C=O) groups is 2. The quantitative estimate of drug-likeness (QED) is 0.541. The lowest BCUT2D eigenvalue weighted by atomic mass is 10.1. The van der Waals surface area contributed by atoms with Crippen LogP contribution in [0.25, 0.3) is 0 Å². The Morgan fingerprint density at radius 3 is 2.33 bits per heavy atom. The number of thiol groups is 1. The van der Waals surface area contributed by atoms with Crippen molar-refractivity contribution < 1.29 is 14.7 Å². The van der Waals surface area contributed by atoms with Gasteiger partial charge in [0.1, 0.15) is 5.92 Å². The summed E-state index contributed by atoms with van der Waals surface area (Å²) in [5.41, 5.74) is 0.561. The van der Waals surface area contributed by atoms with Gasteiger partial charge in [-0.2, -0.15) is 0 Å². The number of anilines is 1. The predicted octanol–water partition coefficient (Wildman–Crippen LogP) is 1.63. The summed E-state index contributed by atoms with van der Waals surface area (Å²) in [5.74, 6) is -2.73. The molecule has 4 nitrogen and oxygen atoms in total. The summed E-state index contributed by atoms with van der Waals surface area (Å²) in [4.78, 5) is 22.6. The molecule has 0 aliphatic heterocycles. The number of rotatable bonds is 3. The highest BCUT2D eigenvalue weighted by Crippen LogP contribution is 2.13. The summed E-state index contributed by atoms with van der Waals surface area (Å²) < 4.78 is 0. The Labute approximate surface area is 92.7 Å². The summed E-state index contributed by atoms with van der Waals surface area (Å²) in [5, 5.41) is 11.1. The van der Waals surface area contributed by atoms with Crippen molar-refractivity contribution in [1.82, 2.24) is 0 Å². The van der Waals surface area contributed by atoms with Gasteiger partial charge in [-0.15, -0.1) is 12.6 Å². The molecule has 1 amide bonds. The van der Waals surface area contributed by atoms with E-state index in [2.05, 4.69) is 17.9 Å². The van der Waals surface area contributed by atoms with Crippen molar-refractivity contribution in [2.75, 3.05) is 5.32 Å². The molecule has 5 heteroatoms. The Kier molecular flexibility index (Phi) is 3.74. The van der Waals surface area contributed by atoms with Gasteiger partial charge in [0.2, 0.25) is 5.91 Å². The lowest BCUT2D eigenvalue weighted by Gasteiger charge is -2.07. The SMILES string of the molecule is CC(C(=O)O)C(=O)Nc1ccc(S)cc1. The van der Waals surface area contributed by atoms with E-state index in [0.29, 0.717) is 5.69 Å². The Morgan fingerprint density at radius 2 is 1.87 bits per heavy atom. The smallest absolute Gasteiger partial charge is 0.315 e. The molecule has 1 aromatic carbocycles. The molecular weight excluding hydrogens is 214 g/mol. The zero-order valence-corrected chi connectivity index (χ0v) is 8.99. The molecule has 0 spiro atoms. The number of hydrogen-bond acceptors (Lipinski definition) is 3. The van der Waals surface area contributed by atoms with Gasteiger partial charge in [0.25, 0.3) is 0 Å². The van der Waals surface area contributed by atoms with E-state index in [9.17, 15) is 9.59 Å². The van der Waals surface area contributed by atoms with E-state index in [1.54, 1.807) is 24.3 Å². The van der Waals surface area contributed by atoms with Gasteiger partial charge in [0.05, 0.1) is 0 Å². The zero-order valence-electron chi connectivity index (χ0n) is 8.10. The minimum Gasteiger partial charge on any atom is -0.481 e. The van der Waals surface area contributed by atoms with Crippen LogP contribution in [0.5, 0.6) is 0 Å². The number of carbonyl (C=O) groups excluding carboxylic acids is 1. The lowest BCUT2D eigenvalue weighted by molar-refractivity contribution is -0.144. The van der Waals surface area contributed by atoms with E-state index < -0.39 is 17.8 Å². The van der Waals surface area contributed by atoms with Crippen LogP contribution in [0.15, 0.2) is 29.2 Å². The molecule has 0 fully saturated rings. The fourth-order valence-electron chi connectivity index (χ4n) is 0.907. The minimum atomic E-state index is -1.14. The third kappa shape index (κ3) is 3.28. The average molecular weight is 225 g/mol. The van der Waals surface area contributed by atoms with Crippen LogP contribution in [0.3, 0.4) is 0 Å². The summed E-state index contributed by atoms with van der Waals surface area (Å²) in [6.07, 6.45) is 0. The number of nitrogens with one attached hydrogen (secondary N) is 1. The van der Waals surface area contributed by atoms with Crippen LogP contribution < -0.4 is 5.32 Å². The van der Waals surface area contributed by atoms with E-state index in [1.165, 1.54) is 6.92 Å². The Bertz CT molecular complexity index is 375. The van der Waals surface area contributed by atoms with Crippen molar-refractivity contribution in [2.24, 2.45) is 5.92 Å². The third-order valence-corrected chi connectivity index (χ3v) is 2.20. The Balaban J connectivity index is 2.66. The fraction of sp³-hybridized carbons (Fsp3) is 0.200. The highest BCUT2D eigenvalue weighted by atomic mass is 32.1. The molecule has 80 valence electrons. The number of hydrogen-bond donors (Lipinski definition) is 3. The molecule has 1 unspecified atom stereocenters. The fourth-order valence-corrected chi connectivity index (χ4v) is 1.06. The maximum atomic E-state index is 11.3.